The summed E-state index contributed by atoms with van der Waals surface area (Å²) in [6.45, 7) is 0. The van der Waals surface area contributed by atoms with Crippen LogP contribution in [0.3, 0.4) is 0 Å². The summed E-state index contributed by atoms with van der Waals surface area (Å²) < 4.78 is 10.5. The molecule has 0 amide bonds. The van der Waals surface area contributed by atoms with Crippen molar-refractivity contribution in [1.29, 1.82) is 0 Å². The van der Waals surface area contributed by atoms with Gasteiger partial charge in [-0.25, -0.2) is 0 Å². The van der Waals surface area contributed by atoms with Crippen molar-refractivity contribution in [2.75, 3.05) is 0 Å². The molecule has 0 fully saturated rings. The quantitative estimate of drug-likeness (QED) is 0.154. The zero-order chi connectivity index (χ0) is 89.9. The second kappa shape index (κ2) is 32.0. The third kappa shape index (κ3) is 12.6. The van der Waals surface area contributed by atoms with Crippen LogP contribution in [0.1, 0.15) is 11.1 Å². The van der Waals surface area contributed by atoms with Gasteiger partial charge < -0.3 is 4.57 Å². The van der Waals surface area contributed by atoms with Crippen molar-refractivity contribution >= 4 is 116 Å². The van der Waals surface area contributed by atoms with E-state index in [1.165, 1.54) is 288 Å². The standard InChI is InChI=1S/C42H25NS.C31H20.2C30H18S/c1-2-12-28-27(11-1)29-13-3-5-15-31(29)35-24-38-37-23-26(43-39-19-9-7-17-33(39)34-18-8-10-20-40(34)43)21-22-41(37)44-42(38)25-36(35)32-16-6-4-14-30(28)32;1-2-10-22-20(9-1)17-21-18-30-27-15-7-5-13-25(27)23-11-3-4-12-24(23)26-14-6-8-16-28(26)31(30)19-29(21)22;1-2-10-20-19(9-1)21-11-3-4-13-23(21)26-17-18-27-24-14-7-8-16-28(24)31-30(27)29(26)25-15-6-5-12-22(20)25;1-2-10-20-19(9-1)21-11-3-4-13-23(21)25-17-18-28-30(26-15-7-8-16-27(26)31-28)29(25)24-14-6-5-12-22(20)24/h1-25H;1-16,18-19H,17H2;2*1-18H. The van der Waals surface area contributed by atoms with Gasteiger partial charge in [0.2, 0.25) is 0 Å². The Hall–Kier alpha value is -16.7. The van der Waals surface area contributed by atoms with E-state index < -0.39 is 0 Å². The van der Waals surface area contributed by atoms with Gasteiger partial charge in [0.05, 0.1) is 11.0 Å². The average molecular weight is 1790 g/mol. The molecule has 1 nitrogen and oxygen atoms in total. The van der Waals surface area contributed by atoms with Gasteiger partial charge in [0.15, 0.2) is 0 Å². The molecule has 137 heavy (non-hydrogen) atoms. The normalized spacial score (nSPS) is 12.1. The summed E-state index contributed by atoms with van der Waals surface area (Å²) in [5.74, 6) is 0. The van der Waals surface area contributed by atoms with Crippen LogP contribution in [0.4, 0.5) is 0 Å². The van der Waals surface area contributed by atoms with Crippen LogP contribution in [0, 0.1) is 0 Å². The van der Waals surface area contributed by atoms with E-state index >= 15 is 0 Å². The van der Waals surface area contributed by atoms with Gasteiger partial charge in [0.25, 0.3) is 0 Å². The van der Waals surface area contributed by atoms with E-state index in [4.69, 9.17) is 0 Å². The fourth-order valence-corrected chi connectivity index (χ4v) is 26.7. The summed E-state index contributed by atoms with van der Waals surface area (Å²) in [4.78, 5) is 0. The molecule has 0 N–H and O–H groups in total. The Labute approximate surface area is 806 Å². The van der Waals surface area contributed by atoms with E-state index in [0.29, 0.717) is 0 Å². The van der Waals surface area contributed by atoms with Crippen LogP contribution in [0.5, 0.6) is 0 Å². The number of fused-ring (bicyclic) bond motifs is 49. The summed E-state index contributed by atoms with van der Waals surface area (Å²) in [6, 6.07) is 176. The summed E-state index contributed by atoms with van der Waals surface area (Å²) >= 11 is 5.69. The lowest BCUT2D eigenvalue weighted by Crippen LogP contribution is -1.98. The van der Waals surface area contributed by atoms with Gasteiger partial charge in [-0.3, -0.25) is 0 Å². The zero-order valence-corrected chi connectivity index (χ0v) is 76.9. The number of thiophene rings is 3. The van der Waals surface area contributed by atoms with Gasteiger partial charge in [-0.2, -0.15) is 0 Å². The maximum atomic E-state index is 2.46. The molecular formula is C133H81NS3. The Morgan fingerprint density at radius 2 is 0.445 bits per heavy atom. The number of rotatable bonds is 1. The first-order valence-corrected chi connectivity index (χ1v) is 49.7. The molecule has 4 heteroatoms. The van der Waals surface area contributed by atoms with E-state index in [0.717, 1.165) is 6.42 Å². The minimum atomic E-state index is 1.01. The molecule has 4 aromatic heterocycles. The van der Waals surface area contributed by atoms with Crippen molar-refractivity contribution in [3.05, 3.63) is 490 Å². The Balaban J connectivity index is 0.0000000914. The van der Waals surface area contributed by atoms with Gasteiger partial charge in [-0.15, -0.1) is 34.0 Å². The summed E-state index contributed by atoms with van der Waals surface area (Å²) in [6.07, 6.45) is 1.01. The van der Waals surface area contributed by atoms with Gasteiger partial charge in [-0.05, 0) is 274 Å². The second-order valence-corrected chi connectivity index (χ2v) is 39.6. The van der Waals surface area contributed by atoms with Crippen LogP contribution >= 0.6 is 34.0 Å². The molecule has 0 radical (unpaired) electrons. The lowest BCUT2D eigenvalue weighted by molar-refractivity contribution is 1.19. The molecule has 5 aliphatic carbocycles. The zero-order valence-electron chi connectivity index (χ0n) is 74.5. The SMILES string of the molecule is c1ccc2c(c1)-c1ccccc1-c1cc3sc4ccc(-n5c6ccccc6c6ccccc65)cc4c3cc1-c1ccccc1-2.c1ccc2c(c1)-c1ccccc1-c1ccc3c(sc4ccccc43)c1-c1ccccc1-2.c1ccc2c(c1)-c1ccccc1-c1ccc3sc4ccccc4c3c1-c1ccccc1-2.c1ccc2c(c1)Cc1cc3c(cc1-2)-c1ccccc1-c1ccccc1-c1ccccc1-3. The Morgan fingerprint density at radius 1 is 0.146 bits per heavy atom. The molecule has 636 valence electrons. The third-order valence-corrected chi connectivity index (χ3v) is 32.7. The first-order chi connectivity index (χ1) is 68.0. The third-order valence-electron chi connectivity index (χ3n) is 29.2. The largest absolute Gasteiger partial charge is 0.309 e. The lowest BCUT2D eigenvalue weighted by Gasteiger charge is -2.24. The van der Waals surface area contributed by atoms with E-state index in [1.54, 1.807) is 0 Å². The maximum Gasteiger partial charge on any atom is 0.0541 e. The van der Waals surface area contributed by atoms with E-state index in [9.17, 15) is 0 Å². The van der Waals surface area contributed by atoms with Gasteiger partial charge in [0, 0.05) is 82.5 Å². The number of aromatic nitrogens is 1. The number of hydrogen-bond donors (Lipinski definition) is 0. The van der Waals surface area contributed by atoms with Gasteiger partial charge in [0.1, 0.15) is 0 Å². The van der Waals surface area contributed by atoms with Crippen molar-refractivity contribution in [3.8, 4) is 195 Å². The van der Waals surface area contributed by atoms with Crippen molar-refractivity contribution in [2.24, 2.45) is 0 Å². The van der Waals surface area contributed by atoms with Crippen LogP contribution in [0.2, 0.25) is 0 Å². The molecular weight excluding hydrogens is 1710 g/mol. The van der Waals surface area contributed by atoms with E-state index in [2.05, 4.69) is 484 Å². The summed E-state index contributed by atoms with van der Waals surface area (Å²) in [5, 5.41) is 10.6. The smallest absolute Gasteiger partial charge is 0.0541 e. The molecule has 0 unspecified atom stereocenters. The van der Waals surface area contributed by atoms with Crippen molar-refractivity contribution in [3.63, 3.8) is 0 Å². The fraction of sp³-hybridized carbons (Fsp3) is 0.00752. The Morgan fingerprint density at radius 3 is 0.905 bits per heavy atom. The van der Waals surface area contributed by atoms with E-state index in [1.807, 2.05) is 34.0 Å². The molecule has 4 heterocycles. The summed E-state index contributed by atoms with van der Waals surface area (Å²) in [7, 11) is 0. The number of nitrogens with zero attached hydrogens (tertiary/aromatic N) is 1. The topological polar surface area (TPSA) is 4.93 Å². The molecule has 0 spiro atoms. The molecule has 5 aliphatic rings. The van der Waals surface area contributed by atoms with Crippen LogP contribution < -0.4 is 0 Å². The van der Waals surface area contributed by atoms with Crippen LogP contribution in [-0.2, 0) is 6.42 Å². The molecule has 22 aromatic carbocycles. The van der Waals surface area contributed by atoms with Crippen molar-refractivity contribution < 1.29 is 0 Å². The van der Waals surface area contributed by atoms with Crippen LogP contribution in [0.15, 0.2) is 479 Å². The highest BCUT2D eigenvalue weighted by molar-refractivity contribution is 7.27. The average Bonchev–Trinajstić information content (AvgIpc) is 0.894. The van der Waals surface area contributed by atoms with Gasteiger partial charge in [-0.1, -0.05) is 406 Å². The monoisotopic (exact) mass is 1790 g/mol. The molecule has 0 saturated heterocycles. The van der Waals surface area contributed by atoms with Crippen LogP contribution in [0.25, 0.3) is 277 Å². The highest BCUT2D eigenvalue weighted by Gasteiger charge is 2.32. The van der Waals surface area contributed by atoms with Crippen molar-refractivity contribution in [1.82, 2.24) is 4.57 Å². The Bertz CT molecular complexity index is 9470. The lowest BCUT2D eigenvalue weighted by atomic mass is 9.80. The minimum absolute atomic E-state index is 1.01. The highest BCUT2D eigenvalue weighted by Crippen LogP contribution is 2.58. The number of hydrogen-bond acceptors (Lipinski definition) is 3. The first-order valence-electron chi connectivity index (χ1n) is 47.3. The predicted octanol–water partition coefficient (Wildman–Crippen LogP) is 38.4. The first kappa shape index (κ1) is 78.9. The number of benzene rings is 22. The molecule has 0 aliphatic heterocycles. The molecule has 0 bridgehead atoms. The van der Waals surface area contributed by atoms with E-state index in [-0.39, 0.29) is 0 Å². The molecule has 0 saturated carbocycles. The summed E-state index contributed by atoms with van der Waals surface area (Å²) in [5.41, 5.74) is 51.1. The maximum absolute atomic E-state index is 2.46. The predicted molar refractivity (Wildman–Crippen MR) is 588 cm³/mol. The molecule has 31 rings (SSSR count). The minimum Gasteiger partial charge on any atom is -0.309 e. The molecule has 26 aromatic rings. The van der Waals surface area contributed by atoms with Crippen LogP contribution in [-0.4, -0.2) is 4.57 Å². The van der Waals surface area contributed by atoms with Crippen molar-refractivity contribution in [2.45, 2.75) is 6.42 Å². The molecule has 0 atom stereocenters. The Kier molecular flexibility index (Phi) is 18.5. The highest BCUT2D eigenvalue weighted by atomic mass is 32.1. The number of para-hydroxylation sites is 2. The second-order valence-electron chi connectivity index (χ2n) is 36.4. The van der Waals surface area contributed by atoms with Gasteiger partial charge >= 0.3 is 0 Å². The fourth-order valence-electron chi connectivity index (χ4n) is 23.2.